The van der Waals surface area contributed by atoms with Crippen molar-refractivity contribution in [2.24, 2.45) is 0 Å². The van der Waals surface area contributed by atoms with Crippen LogP contribution in [0.1, 0.15) is 5.56 Å². The van der Waals surface area contributed by atoms with Gasteiger partial charge in [-0.15, -0.1) is 10.2 Å². The Bertz CT molecular complexity index is 1220. The van der Waals surface area contributed by atoms with Crippen LogP contribution in [0.15, 0.2) is 47.6 Å². The summed E-state index contributed by atoms with van der Waals surface area (Å²) in [5, 5.41) is 13.9. The lowest BCUT2D eigenvalue weighted by Gasteiger charge is -2.09. The Balaban J connectivity index is 1.57. The number of para-hydroxylation sites is 1. The molecule has 0 radical (unpaired) electrons. The van der Waals surface area contributed by atoms with Gasteiger partial charge in [-0.05, 0) is 36.8 Å². The molecule has 28 heavy (non-hydrogen) atoms. The number of carbonyl (C=O) groups is 1. The number of anilines is 1. The minimum atomic E-state index is -0.238. The van der Waals surface area contributed by atoms with E-state index in [1.807, 2.05) is 35.6 Å². The quantitative estimate of drug-likeness (QED) is 0.311. The number of carbonyl (C=O) groups excluding carboxylic acids is 1. The van der Waals surface area contributed by atoms with Crippen molar-refractivity contribution in [1.82, 2.24) is 14.6 Å². The Labute approximate surface area is 180 Å². The highest BCUT2D eigenvalue weighted by atomic mass is 35.5. The molecule has 2 aromatic carbocycles. The number of aryl methyl sites for hydroxylation is 1. The summed E-state index contributed by atoms with van der Waals surface area (Å²) in [6, 6.07) is 13.0. The van der Waals surface area contributed by atoms with Gasteiger partial charge in [-0.2, -0.15) is 0 Å². The average molecular weight is 452 g/mol. The van der Waals surface area contributed by atoms with Gasteiger partial charge in [-0.1, -0.05) is 64.8 Å². The fourth-order valence-corrected chi connectivity index (χ4v) is 4.25. The summed E-state index contributed by atoms with van der Waals surface area (Å²) < 4.78 is 1.95. The lowest BCUT2D eigenvalue weighted by Crippen LogP contribution is -2.14. The van der Waals surface area contributed by atoms with Gasteiger partial charge in [0, 0.05) is 5.39 Å². The Morgan fingerprint density at radius 1 is 1.07 bits per heavy atom. The predicted octanol–water partition coefficient (Wildman–Crippen LogP) is 5.88. The zero-order chi connectivity index (χ0) is 19.8. The minimum absolute atomic E-state index is 0.138. The zero-order valence-corrected chi connectivity index (χ0v) is 17.6. The summed E-state index contributed by atoms with van der Waals surface area (Å²) in [6.07, 6.45) is 0. The average Bonchev–Trinajstić information content (AvgIpc) is 3.07. The molecule has 9 heteroatoms. The first-order valence-electron chi connectivity index (χ1n) is 8.24. The summed E-state index contributed by atoms with van der Waals surface area (Å²) in [5.74, 6) is -0.0991. The molecule has 142 valence electrons. The van der Waals surface area contributed by atoms with Crippen LogP contribution in [0.5, 0.6) is 0 Å². The van der Waals surface area contributed by atoms with Crippen molar-refractivity contribution in [3.8, 4) is 0 Å². The lowest BCUT2D eigenvalue weighted by molar-refractivity contribution is -0.113. The van der Waals surface area contributed by atoms with Gasteiger partial charge in [0.25, 0.3) is 0 Å². The van der Waals surface area contributed by atoms with E-state index in [1.54, 1.807) is 0 Å². The van der Waals surface area contributed by atoms with Gasteiger partial charge in [0.05, 0.1) is 32.0 Å². The highest BCUT2D eigenvalue weighted by Crippen LogP contribution is 2.32. The van der Waals surface area contributed by atoms with E-state index in [2.05, 4.69) is 21.6 Å². The van der Waals surface area contributed by atoms with Crippen molar-refractivity contribution in [2.75, 3.05) is 11.1 Å². The van der Waals surface area contributed by atoms with Crippen molar-refractivity contribution in [2.45, 2.75) is 12.1 Å². The normalized spacial score (nSPS) is 11.3. The van der Waals surface area contributed by atoms with Gasteiger partial charge < -0.3 is 5.32 Å². The maximum Gasteiger partial charge on any atom is 0.234 e. The third-order valence-electron chi connectivity index (χ3n) is 4.19. The topological polar surface area (TPSA) is 59.3 Å². The summed E-state index contributed by atoms with van der Waals surface area (Å²) in [6.45, 7) is 2.04. The number of thioether (sulfide) groups is 1. The lowest BCUT2D eigenvalue weighted by atomic mass is 10.1. The molecular formula is C19H13Cl3N4OS. The molecule has 0 unspecified atom stereocenters. The molecular weight excluding hydrogens is 439 g/mol. The molecule has 5 nitrogen and oxygen atoms in total. The zero-order valence-electron chi connectivity index (χ0n) is 14.5. The second-order valence-electron chi connectivity index (χ2n) is 6.10. The van der Waals surface area contributed by atoms with Crippen molar-refractivity contribution in [1.29, 1.82) is 0 Å². The van der Waals surface area contributed by atoms with Gasteiger partial charge in [-0.3, -0.25) is 9.20 Å². The van der Waals surface area contributed by atoms with Crippen LogP contribution in [0.2, 0.25) is 15.1 Å². The largest absolute Gasteiger partial charge is 0.324 e. The van der Waals surface area contributed by atoms with Crippen LogP contribution in [0.4, 0.5) is 5.69 Å². The Hall–Kier alpha value is -1.99. The molecule has 0 aliphatic rings. The third kappa shape index (κ3) is 3.65. The first-order chi connectivity index (χ1) is 13.4. The first kappa shape index (κ1) is 19.3. The van der Waals surface area contributed by atoms with Crippen molar-refractivity contribution >= 4 is 74.7 Å². The van der Waals surface area contributed by atoms with Crippen LogP contribution < -0.4 is 5.32 Å². The minimum Gasteiger partial charge on any atom is -0.324 e. The van der Waals surface area contributed by atoms with Gasteiger partial charge in [-0.25, -0.2) is 0 Å². The molecule has 2 heterocycles. The molecule has 0 aliphatic carbocycles. The van der Waals surface area contributed by atoms with E-state index in [9.17, 15) is 4.79 Å². The van der Waals surface area contributed by atoms with Crippen LogP contribution in [-0.2, 0) is 4.79 Å². The van der Waals surface area contributed by atoms with Crippen molar-refractivity contribution in [3.63, 3.8) is 0 Å². The summed E-state index contributed by atoms with van der Waals surface area (Å²) >= 11 is 19.3. The molecule has 0 atom stereocenters. The number of nitrogens with zero attached hydrogens (tertiary/aromatic N) is 3. The van der Waals surface area contributed by atoms with E-state index in [0.717, 1.165) is 22.1 Å². The SMILES string of the molecule is Cc1cc2nnc(SCC(=O)Nc3cc(Cl)c(Cl)cc3Cl)n2c2ccccc12. The van der Waals surface area contributed by atoms with Gasteiger partial charge in [0.15, 0.2) is 10.8 Å². The second-order valence-corrected chi connectivity index (χ2v) is 8.27. The fourth-order valence-electron chi connectivity index (χ4n) is 2.90. The van der Waals surface area contributed by atoms with Crippen LogP contribution in [0.3, 0.4) is 0 Å². The molecule has 1 N–H and O–H groups in total. The summed E-state index contributed by atoms with van der Waals surface area (Å²) in [5.41, 5.74) is 3.28. The molecule has 0 fully saturated rings. The maximum atomic E-state index is 12.4. The van der Waals surface area contributed by atoms with E-state index in [0.29, 0.717) is 25.9 Å². The molecule has 0 saturated carbocycles. The van der Waals surface area contributed by atoms with E-state index >= 15 is 0 Å². The smallest absolute Gasteiger partial charge is 0.234 e. The van der Waals surface area contributed by atoms with Crippen LogP contribution in [0, 0.1) is 6.92 Å². The number of halogens is 3. The second kappa shape index (κ2) is 7.79. The van der Waals surface area contributed by atoms with Gasteiger partial charge in [0.2, 0.25) is 5.91 Å². The first-order valence-corrected chi connectivity index (χ1v) is 10.4. The van der Waals surface area contributed by atoms with Gasteiger partial charge in [0.1, 0.15) is 0 Å². The number of amides is 1. The van der Waals surface area contributed by atoms with Crippen LogP contribution in [0.25, 0.3) is 16.6 Å². The number of pyridine rings is 1. The number of rotatable bonds is 4. The number of benzene rings is 2. The molecule has 0 spiro atoms. The molecule has 0 saturated heterocycles. The van der Waals surface area contributed by atoms with Crippen LogP contribution >= 0.6 is 46.6 Å². The molecule has 0 aliphatic heterocycles. The number of nitrogens with one attached hydrogen (secondary N) is 1. The van der Waals surface area contributed by atoms with Crippen molar-refractivity contribution < 1.29 is 4.79 Å². The molecule has 2 aromatic heterocycles. The Morgan fingerprint density at radius 3 is 2.64 bits per heavy atom. The van der Waals surface area contributed by atoms with E-state index in [-0.39, 0.29) is 11.7 Å². The number of fused-ring (bicyclic) bond motifs is 3. The van der Waals surface area contributed by atoms with E-state index in [1.165, 1.54) is 23.9 Å². The Kier molecular flexibility index (Phi) is 5.38. The predicted molar refractivity (Wildman–Crippen MR) is 116 cm³/mol. The van der Waals surface area contributed by atoms with Crippen molar-refractivity contribution in [3.05, 3.63) is 63.1 Å². The monoisotopic (exact) mass is 450 g/mol. The fraction of sp³-hybridized carbons (Fsp3) is 0.105. The number of hydrogen-bond acceptors (Lipinski definition) is 4. The highest BCUT2D eigenvalue weighted by Gasteiger charge is 2.14. The number of aromatic nitrogens is 3. The van der Waals surface area contributed by atoms with E-state index in [4.69, 9.17) is 34.8 Å². The third-order valence-corrected chi connectivity index (χ3v) is 6.15. The van der Waals surface area contributed by atoms with Crippen LogP contribution in [-0.4, -0.2) is 26.3 Å². The molecule has 1 amide bonds. The summed E-state index contributed by atoms with van der Waals surface area (Å²) in [7, 11) is 0. The highest BCUT2D eigenvalue weighted by molar-refractivity contribution is 7.99. The van der Waals surface area contributed by atoms with E-state index < -0.39 is 0 Å². The molecule has 4 rings (SSSR count). The molecule has 0 bridgehead atoms. The van der Waals surface area contributed by atoms with Gasteiger partial charge >= 0.3 is 0 Å². The summed E-state index contributed by atoms with van der Waals surface area (Å²) in [4.78, 5) is 12.4. The number of hydrogen-bond donors (Lipinski definition) is 1. The maximum absolute atomic E-state index is 12.4. The Morgan fingerprint density at radius 2 is 1.82 bits per heavy atom. The molecule has 4 aromatic rings. The standard InChI is InChI=1S/C19H13Cl3N4OS/c1-10-6-17-24-25-19(26(17)16-5-3-2-4-11(10)16)28-9-18(27)23-15-8-13(21)12(20)7-14(15)22/h2-8H,9H2,1H3,(H,23,27).